The van der Waals surface area contributed by atoms with E-state index in [1.54, 1.807) is 97.9 Å². The maximum Gasteiger partial charge on any atom is 0.324 e. The van der Waals surface area contributed by atoms with Crippen LogP contribution in [0.15, 0.2) is 109 Å². The topological polar surface area (TPSA) is 126 Å². The molecule has 1 saturated carbocycles. The van der Waals surface area contributed by atoms with Crippen LogP contribution in [0.1, 0.15) is 42.0 Å². The summed E-state index contributed by atoms with van der Waals surface area (Å²) in [5.74, 6) is -8.88. The first-order valence-corrected chi connectivity index (χ1v) is 17.0. The van der Waals surface area contributed by atoms with Crippen molar-refractivity contribution in [3.63, 3.8) is 0 Å². The minimum atomic E-state index is -2.52. The number of methoxy groups -OCH3 is 1. The summed E-state index contributed by atoms with van der Waals surface area (Å²) in [5.41, 5.74) is -2.95. The summed E-state index contributed by atoms with van der Waals surface area (Å²) in [6, 6.07) is 30.3. The van der Waals surface area contributed by atoms with Crippen LogP contribution in [-0.4, -0.2) is 43.5 Å². The number of hydrogen-bond acceptors (Lipinski definition) is 9. The van der Waals surface area contributed by atoms with Crippen molar-refractivity contribution in [1.29, 1.82) is 0 Å². The van der Waals surface area contributed by atoms with Crippen LogP contribution < -0.4 is 4.90 Å². The van der Waals surface area contributed by atoms with Gasteiger partial charge < -0.3 is 23.8 Å². The highest BCUT2D eigenvalue weighted by Gasteiger charge is 2.79. The molecule has 4 aromatic carbocycles. The molecule has 1 aliphatic heterocycles. The number of ether oxygens (including phenoxy) is 4. The Morgan fingerprint density at radius 3 is 1.81 bits per heavy atom. The molecular formula is C41H38FNO9. The van der Waals surface area contributed by atoms with Crippen LogP contribution in [0.25, 0.3) is 0 Å². The second kappa shape index (κ2) is 15.2. The number of carbonyl (C=O) groups excluding carboxylic acids is 5. The molecule has 1 spiro atoms. The third-order valence-corrected chi connectivity index (χ3v) is 9.96. The Bertz CT molecular complexity index is 1900. The van der Waals surface area contributed by atoms with Crippen molar-refractivity contribution in [1.82, 2.24) is 0 Å². The Labute approximate surface area is 300 Å². The van der Waals surface area contributed by atoms with Crippen molar-refractivity contribution in [3.8, 4) is 0 Å². The van der Waals surface area contributed by atoms with Gasteiger partial charge in [0, 0.05) is 6.42 Å². The molecule has 0 aromatic heterocycles. The standard InChI is InChI=1S/C41H38FNO9/c1-3-50-36(45)35-40(38(47)51-25-28-16-9-5-10-17-28,39(48)52-26-29-18-11-6-12-19-29)23-30(22-33(44)49-2)41(35)31-20-13-21-32(42)34(31)43(37(41)46)24-27-14-7-4-8-15-27/h4-21,30,35H,3,22-26H2,1-2H3/t30-,35+,41-/m0/s1. The maximum absolute atomic E-state index is 16.1. The number of amides is 1. The second-order valence-corrected chi connectivity index (χ2v) is 12.8. The molecule has 0 bridgehead atoms. The molecule has 10 nitrogen and oxygen atoms in total. The fourth-order valence-corrected chi connectivity index (χ4v) is 7.77. The van der Waals surface area contributed by atoms with Crippen LogP contribution in [0.4, 0.5) is 10.1 Å². The van der Waals surface area contributed by atoms with E-state index >= 15 is 9.18 Å². The van der Waals surface area contributed by atoms with Crippen molar-refractivity contribution < 1.29 is 47.3 Å². The van der Waals surface area contributed by atoms with Gasteiger partial charge in [-0.1, -0.05) is 103 Å². The Morgan fingerprint density at radius 1 is 0.750 bits per heavy atom. The minimum Gasteiger partial charge on any atom is -0.469 e. The van der Waals surface area contributed by atoms with Crippen molar-refractivity contribution >= 4 is 35.5 Å². The predicted molar refractivity (Wildman–Crippen MR) is 185 cm³/mol. The zero-order chi connectivity index (χ0) is 36.9. The number of hydrogen-bond donors (Lipinski definition) is 0. The number of esters is 4. The Morgan fingerprint density at radius 2 is 1.29 bits per heavy atom. The number of nitrogens with zero attached hydrogens (tertiary/aromatic N) is 1. The molecule has 0 N–H and O–H groups in total. The van der Waals surface area contributed by atoms with Gasteiger partial charge in [-0.15, -0.1) is 0 Å². The molecule has 3 atom stereocenters. The normalized spacial score (nSPS) is 19.9. The number of anilines is 1. The minimum absolute atomic E-state index is 0.0361. The third-order valence-electron chi connectivity index (χ3n) is 9.96. The molecule has 6 rings (SSSR count). The zero-order valence-electron chi connectivity index (χ0n) is 28.8. The monoisotopic (exact) mass is 707 g/mol. The number of halogens is 1. The van der Waals surface area contributed by atoms with Gasteiger partial charge in [-0.3, -0.25) is 24.0 Å². The molecular weight excluding hydrogens is 669 g/mol. The quantitative estimate of drug-likeness (QED) is 0.101. The summed E-state index contributed by atoms with van der Waals surface area (Å²) in [5, 5.41) is 0. The second-order valence-electron chi connectivity index (χ2n) is 12.8. The Balaban J connectivity index is 1.58. The third kappa shape index (κ3) is 6.31. The number of para-hydroxylation sites is 1. The molecule has 268 valence electrons. The Hall–Kier alpha value is -5.84. The van der Waals surface area contributed by atoms with Gasteiger partial charge in [0.2, 0.25) is 5.91 Å². The van der Waals surface area contributed by atoms with Crippen molar-refractivity contribution in [2.45, 2.75) is 44.9 Å². The average molecular weight is 708 g/mol. The first kappa shape index (κ1) is 36.0. The largest absolute Gasteiger partial charge is 0.469 e. The zero-order valence-corrected chi connectivity index (χ0v) is 28.8. The number of carbonyl (C=O) groups is 5. The molecule has 1 amide bonds. The molecule has 1 heterocycles. The maximum atomic E-state index is 16.1. The molecule has 4 aromatic rings. The molecule has 0 unspecified atom stereocenters. The van der Waals surface area contributed by atoms with E-state index < -0.39 is 71.1 Å². The SMILES string of the molecule is CCOC(=O)[C@@H]1C(C(=O)OCc2ccccc2)(C(=O)OCc2ccccc2)C[C@H](CC(=O)OC)[C@@]12C(=O)N(Cc1ccccc1)c1c(F)cccc12. The van der Waals surface area contributed by atoms with Gasteiger partial charge >= 0.3 is 23.9 Å². The van der Waals surface area contributed by atoms with Crippen LogP contribution >= 0.6 is 0 Å². The highest BCUT2D eigenvalue weighted by Crippen LogP contribution is 2.66. The molecule has 2 aliphatic rings. The van der Waals surface area contributed by atoms with E-state index in [1.807, 2.05) is 0 Å². The van der Waals surface area contributed by atoms with Gasteiger partial charge in [0.1, 0.15) is 24.9 Å². The smallest absolute Gasteiger partial charge is 0.324 e. The van der Waals surface area contributed by atoms with Gasteiger partial charge in [-0.25, -0.2) is 4.39 Å². The van der Waals surface area contributed by atoms with Gasteiger partial charge in [0.05, 0.1) is 31.4 Å². The lowest BCUT2D eigenvalue weighted by Crippen LogP contribution is -2.56. The lowest BCUT2D eigenvalue weighted by atomic mass is 9.63. The van der Waals surface area contributed by atoms with E-state index in [2.05, 4.69) is 0 Å². The molecule has 52 heavy (non-hydrogen) atoms. The van der Waals surface area contributed by atoms with E-state index in [4.69, 9.17) is 18.9 Å². The van der Waals surface area contributed by atoms with Crippen molar-refractivity contribution in [3.05, 3.63) is 137 Å². The Kier molecular flexibility index (Phi) is 10.5. The predicted octanol–water partition coefficient (Wildman–Crippen LogP) is 5.85. The van der Waals surface area contributed by atoms with Gasteiger partial charge in [-0.2, -0.15) is 0 Å². The van der Waals surface area contributed by atoms with Crippen LogP contribution in [-0.2, 0) is 68.1 Å². The number of rotatable bonds is 12. The molecule has 11 heteroatoms. The first-order valence-electron chi connectivity index (χ1n) is 17.0. The molecule has 0 saturated heterocycles. The molecule has 1 fully saturated rings. The van der Waals surface area contributed by atoms with Gasteiger partial charge in [0.25, 0.3) is 0 Å². The summed E-state index contributed by atoms with van der Waals surface area (Å²) in [6.45, 7) is 0.688. The highest BCUT2D eigenvalue weighted by molar-refractivity contribution is 6.15. The van der Waals surface area contributed by atoms with E-state index in [0.717, 1.165) is 7.11 Å². The van der Waals surface area contributed by atoms with Crippen LogP contribution in [0, 0.1) is 23.1 Å². The summed E-state index contributed by atoms with van der Waals surface area (Å²) < 4.78 is 38.4. The van der Waals surface area contributed by atoms with E-state index in [9.17, 15) is 19.2 Å². The summed E-state index contributed by atoms with van der Waals surface area (Å²) in [6.07, 6.45) is -1.05. The van der Waals surface area contributed by atoms with E-state index in [0.29, 0.717) is 16.7 Å². The lowest BCUT2D eigenvalue weighted by Gasteiger charge is -2.37. The van der Waals surface area contributed by atoms with Gasteiger partial charge in [0.15, 0.2) is 5.41 Å². The van der Waals surface area contributed by atoms with E-state index in [1.165, 1.54) is 23.1 Å². The summed E-state index contributed by atoms with van der Waals surface area (Å²) in [4.78, 5) is 73.8. The van der Waals surface area contributed by atoms with Crippen molar-refractivity contribution in [2.24, 2.45) is 17.3 Å². The molecule has 1 aliphatic carbocycles. The number of benzene rings is 4. The fraction of sp³-hybridized carbons (Fsp3) is 0.293. The van der Waals surface area contributed by atoms with Gasteiger partial charge in [-0.05, 0) is 47.6 Å². The molecule has 0 radical (unpaired) electrons. The fourth-order valence-electron chi connectivity index (χ4n) is 7.77. The highest BCUT2D eigenvalue weighted by atomic mass is 19.1. The van der Waals surface area contributed by atoms with Crippen LogP contribution in [0.5, 0.6) is 0 Å². The summed E-state index contributed by atoms with van der Waals surface area (Å²) in [7, 11) is 1.16. The lowest BCUT2D eigenvalue weighted by molar-refractivity contribution is -0.185. The van der Waals surface area contributed by atoms with Crippen LogP contribution in [0.2, 0.25) is 0 Å². The van der Waals surface area contributed by atoms with Crippen molar-refractivity contribution in [2.75, 3.05) is 18.6 Å². The van der Waals surface area contributed by atoms with E-state index in [-0.39, 0.29) is 37.6 Å². The van der Waals surface area contributed by atoms with Crippen LogP contribution in [0.3, 0.4) is 0 Å². The average Bonchev–Trinajstić information content (AvgIpc) is 3.61. The number of fused-ring (bicyclic) bond motifs is 2. The summed E-state index contributed by atoms with van der Waals surface area (Å²) >= 11 is 0. The first-order chi connectivity index (χ1) is 25.2.